The summed E-state index contributed by atoms with van der Waals surface area (Å²) in [6.07, 6.45) is 2.49. The van der Waals surface area contributed by atoms with E-state index in [1.54, 1.807) is 12.1 Å². The fraction of sp³-hybridized carbons (Fsp3) is 0.588. The molecule has 4 nitrogen and oxygen atoms in total. The predicted molar refractivity (Wildman–Crippen MR) is 78.2 cm³/mol. The summed E-state index contributed by atoms with van der Waals surface area (Å²) in [6.45, 7) is 6.37. The van der Waals surface area contributed by atoms with Crippen LogP contribution in [0.4, 0.5) is 0 Å². The summed E-state index contributed by atoms with van der Waals surface area (Å²) in [5, 5.41) is 30.8. The molecule has 0 radical (unpaired) electrons. The van der Waals surface area contributed by atoms with Crippen molar-refractivity contribution in [2.75, 3.05) is 0 Å². The monoisotopic (exact) mass is 290 g/mol. The molecule has 3 N–H and O–H groups in total. The maximum Gasteiger partial charge on any atom is 0.339 e. The number of aliphatic hydroxyl groups is 1. The van der Waals surface area contributed by atoms with E-state index in [-0.39, 0.29) is 22.1 Å². The third-order valence-corrected chi connectivity index (χ3v) is 6.59. The molecule has 1 aromatic carbocycles. The third kappa shape index (κ3) is 1.51. The topological polar surface area (TPSA) is 77.8 Å². The van der Waals surface area contributed by atoms with Crippen LogP contribution in [0.5, 0.6) is 5.75 Å². The van der Waals surface area contributed by atoms with Crippen LogP contribution in [-0.4, -0.2) is 21.3 Å². The summed E-state index contributed by atoms with van der Waals surface area (Å²) in [5.41, 5.74) is -1.45. The molecule has 21 heavy (non-hydrogen) atoms. The van der Waals surface area contributed by atoms with Gasteiger partial charge in [0.25, 0.3) is 0 Å². The molecule has 2 bridgehead atoms. The zero-order valence-electron chi connectivity index (χ0n) is 12.7. The van der Waals surface area contributed by atoms with Gasteiger partial charge in [-0.25, -0.2) is 4.79 Å². The first-order valence-corrected chi connectivity index (χ1v) is 7.43. The average molecular weight is 290 g/mol. The minimum absolute atomic E-state index is 0.0526. The van der Waals surface area contributed by atoms with Crippen molar-refractivity contribution in [2.45, 2.75) is 45.6 Å². The number of aromatic carboxylic acids is 1. The molecule has 3 rings (SSSR count). The molecule has 1 aromatic rings. The molecule has 0 aliphatic heterocycles. The Morgan fingerprint density at radius 3 is 2.43 bits per heavy atom. The third-order valence-electron chi connectivity index (χ3n) is 6.59. The molecule has 2 fully saturated rings. The highest BCUT2D eigenvalue weighted by Crippen LogP contribution is 2.72. The van der Waals surface area contributed by atoms with Crippen LogP contribution >= 0.6 is 0 Å². The molecule has 0 amide bonds. The van der Waals surface area contributed by atoms with Crippen molar-refractivity contribution in [3.8, 4) is 5.75 Å². The number of hydrogen-bond donors (Lipinski definition) is 3. The van der Waals surface area contributed by atoms with Crippen LogP contribution in [0.15, 0.2) is 18.2 Å². The standard InChI is InChI=1S/C17H22O4/c1-15(2)10-7-8-16(15,3)17(21,9-10)11-5-4-6-12(18)13(11)14(19)20/h4-6,10,18,21H,7-9H2,1-3H3,(H,19,20). The molecule has 3 unspecified atom stereocenters. The van der Waals surface area contributed by atoms with Crippen molar-refractivity contribution < 1.29 is 20.1 Å². The molecule has 0 aromatic heterocycles. The number of fused-ring (bicyclic) bond motifs is 2. The van der Waals surface area contributed by atoms with Crippen molar-refractivity contribution in [3.63, 3.8) is 0 Å². The van der Waals surface area contributed by atoms with Crippen molar-refractivity contribution in [1.29, 1.82) is 0 Å². The highest BCUT2D eigenvalue weighted by atomic mass is 16.4. The second-order valence-electron chi connectivity index (χ2n) is 7.36. The Balaban J connectivity index is 2.23. The van der Waals surface area contributed by atoms with Gasteiger partial charge in [0.15, 0.2) is 0 Å². The molecular weight excluding hydrogens is 268 g/mol. The number of carbonyl (C=O) groups is 1. The zero-order valence-corrected chi connectivity index (χ0v) is 12.7. The number of benzene rings is 1. The van der Waals surface area contributed by atoms with Gasteiger partial charge < -0.3 is 15.3 Å². The molecule has 4 heteroatoms. The Bertz CT molecular complexity index is 621. The Morgan fingerprint density at radius 2 is 1.95 bits per heavy atom. The van der Waals surface area contributed by atoms with E-state index in [4.69, 9.17) is 0 Å². The molecule has 3 atom stereocenters. The van der Waals surface area contributed by atoms with Crippen LogP contribution in [0.1, 0.15) is 56.0 Å². The maximum atomic E-state index is 11.5. The average Bonchev–Trinajstić information content (AvgIpc) is 2.70. The lowest BCUT2D eigenvalue weighted by molar-refractivity contribution is -0.0963. The molecule has 2 aliphatic rings. The highest BCUT2D eigenvalue weighted by molar-refractivity contribution is 5.93. The van der Waals surface area contributed by atoms with Gasteiger partial charge in [-0.15, -0.1) is 0 Å². The number of aromatic hydroxyl groups is 1. The van der Waals surface area contributed by atoms with Crippen molar-refractivity contribution in [3.05, 3.63) is 29.3 Å². The summed E-state index contributed by atoms with van der Waals surface area (Å²) >= 11 is 0. The minimum Gasteiger partial charge on any atom is -0.507 e. The summed E-state index contributed by atoms with van der Waals surface area (Å²) in [6, 6.07) is 4.61. The molecular formula is C17H22O4. The van der Waals surface area contributed by atoms with Crippen LogP contribution in [0.2, 0.25) is 0 Å². The van der Waals surface area contributed by atoms with Crippen molar-refractivity contribution in [2.24, 2.45) is 16.7 Å². The Hall–Kier alpha value is -1.55. The van der Waals surface area contributed by atoms with Crippen LogP contribution in [0, 0.1) is 16.7 Å². The quantitative estimate of drug-likeness (QED) is 0.782. The summed E-state index contributed by atoms with van der Waals surface area (Å²) in [7, 11) is 0. The van der Waals surface area contributed by atoms with Crippen LogP contribution in [0.3, 0.4) is 0 Å². The van der Waals surface area contributed by atoms with Gasteiger partial charge in [0.05, 0.1) is 5.60 Å². The van der Waals surface area contributed by atoms with E-state index >= 15 is 0 Å². The van der Waals surface area contributed by atoms with Crippen LogP contribution < -0.4 is 0 Å². The van der Waals surface area contributed by atoms with Crippen LogP contribution in [0.25, 0.3) is 0 Å². The van der Waals surface area contributed by atoms with E-state index in [1.807, 2.05) is 0 Å². The van der Waals surface area contributed by atoms with Crippen molar-refractivity contribution in [1.82, 2.24) is 0 Å². The zero-order chi connectivity index (χ0) is 15.6. The number of phenols is 1. The number of carboxylic acids is 1. The molecule has 0 saturated heterocycles. The highest BCUT2D eigenvalue weighted by Gasteiger charge is 2.69. The second kappa shape index (κ2) is 4.01. The van der Waals surface area contributed by atoms with Gasteiger partial charge in [-0.05, 0) is 36.7 Å². The largest absolute Gasteiger partial charge is 0.507 e. The predicted octanol–water partition coefficient (Wildman–Crippen LogP) is 3.12. The van der Waals surface area contributed by atoms with E-state index in [0.717, 1.165) is 12.8 Å². The Kier molecular flexibility index (Phi) is 2.74. The minimum atomic E-state index is -1.20. The van der Waals surface area contributed by atoms with E-state index in [2.05, 4.69) is 20.8 Å². The molecule has 2 saturated carbocycles. The molecule has 2 aliphatic carbocycles. The molecule has 0 heterocycles. The lowest BCUT2D eigenvalue weighted by Crippen LogP contribution is -2.45. The maximum absolute atomic E-state index is 11.5. The number of carboxylic acid groups (broad SMARTS) is 1. The molecule has 0 spiro atoms. The van der Waals surface area contributed by atoms with Gasteiger partial charge in [0, 0.05) is 11.0 Å². The SMILES string of the molecule is CC1(C)C2CCC1(C)C(O)(c1cccc(O)c1C(=O)O)C2. The summed E-state index contributed by atoms with van der Waals surface area (Å²) in [4.78, 5) is 11.5. The van der Waals surface area contributed by atoms with E-state index in [0.29, 0.717) is 17.9 Å². The smallest absolute Gasteiger partial charge is 0.339 e. The fourth-order valence-electron chi connectivity index (χ4n) is 4.79. The number of hydrogen-bond acceptors (Lipinski definition) is 3. The number of rotatable bonds is 2. The van der Waals surface area contributed by atoms with Gasteiger partial charge in [-0.2, -0.15) is 0 Å². The second-order valence-corrected chi connectivity index (χ2v) is 7.36. The fourth-order valence-corrected chi connectivity index (χ4v) is 4.79. The van der Waals surface area contributed by atoms with Crippen LogP contribution in [-0.2, 0) is 5.60 Å². The molecule has 114 valence electrons. The first-order valence-electron chi connectivity index (χ1n) is 7.43. The van der Waals surface area contributed by atoms with E-state index in [1.165, 1.54) is 6.07 Å². The summed E-state index contributed by atoms with van der Waals surface area (Å²) in [5.74, 6) is -1.10. The van der Waals surface area contributed by atoms with E-state index in [9.17, 15) is 20.1 Å². The normalized spacial score (nSPS) is 36.9. The van der Waals surface area contributed by atoms with E-state index < -0.39 is 11.6 Å². The van der Waals surface area contributed by atoms with Gasteiger partial charge in [0.1, 0.15) is 11.3 Å². The summed E-state index contributed by atoms with van der Waals surface area (Å²) < 4.78 is 0. The lowest BCUT2D eigenvalue weighted by Gasteiger charge is -2.46. The van der Waals surface area contributed by atoms with Gasteiger partial charge in [0.2, 0.25) is 0 Å². The lowest BCUT2D eigenvalue weighted by atomic mass is 9.62. The van der Waals surface area contributed by atoms with Gasteiger partial charge >= 0.3 is 5.97 Å². The van der Waals surface area contributed by atoms with Crippen molar-refractivity contribution >= 4 is 5.97 Å². The first kappa shape index (κ1) is 14.4. The van der Waals surface area contributed by atoms with Gasteiger partial charge in [-0.3, -0.25) is 0 Å². The Morgan fingerprint density at radius 1 is 1.29 bits per heavy atom. The van der Waals surface area contributed by atoms with Gasteiger partial charge in [-0.1, -0.05) is 32.9 Å². The first-order chi connectivity index (χ1) is 9.65. The Labute approximate surface area is 124 Å².